The van der Waals surface area contributed by atoms with Crippen LogP contribution in [0.1, 0.15) is 36.4 Å². The molecule has 0 unspecified atom stereocenters. The quantitative estimate of drug-likeness (QED) is 0.872. The molecule has 1 N–H and O–H groups in total. The highest BCUT2D eigenvalue weighted by Gasteiger charge is 2.28. The second kappa shape index (κ2) is 5.81. The lowest BCUT2D eigenvalue weighted by atomic mass is 10.2. The van der Waals surface area contributed by atoms with Gasteiger partial charge in [0.1, 0.15) is 9.09 Å². The van der Waals surface area contributed by atoms with Crippen molar-refractivity contribution >= 4 is 27.3 Å². The van der Waals surface area contributed by atoms with Gasteiger partial charge in [0.2, 0.25) is 0 Å². The maximum absolute atomic E-state index is 12.3. The molecule has 0 fully saturated rings. The van der Waals surface area contributed by atoms with Gasteiger partial charge in [-0.05, 0) is 25.0 Å². The van der Waals surface area contributed by atoms with Crippen LogP contribution in [0.25, 0.3) is 0 Å². The van der Waals surface area contributed by atoms with Crippen molar-refractivity contribution in [1.82, 2.24) is 4.31 Å². The summed E-state index contributed by atoms with van der Waals surface area (Å²) in [5.74, 6) is -1.10. The van der Waals surface area contributed by atoms with Crippen LogP contribution in [0.2, 0.25) is 0 Å². The van der Waals surface area contributed by atoms with E-state index in [0.717, 1.165) is 24.2 Å². The van der Waals surface area contributed by atoms with E-state index in [-0.39, 0.29) is 15.1 Å². The molecule has 0 saturated heterocycles. The third kappa shape index (κ3) is 2.90. The number of aromatic carboxylic acids is 1. The Hall–Kier alpha value is -0.920. The molecule has 0 aliphatic rings. The Kier molecular flexibility index (Phi) is 4.89. The summed E-state index contributed by atoms with van der Waals surface area (Å²) in [6, 6.07) is 2.61. The average molecular weight is 291 g/mol. The summed E-state index contributed by atoms with van der Waals surface area (Å²) in [5, 5.41) is 8.81. The summed E-state index contributed by atoms with van der Waals surface area (Å²) in [6.07, 6.45) is 1.45. The van der Waals surface area contributed by atoms with Gasteiger partial charge in [-0.2, -0.15) is 4.31 Å². The van der Waals surface area contributed by atoms with Crippen molar-refractivity contribution in [2.75, 3.05) is 7.05 Å². The zero-order chi connectivity index (χ0) is 13.9. The Bertz CT molecular complexity index is 517. The predicted molar refractivity (Wildman–Crippen MR) is 70.6 cm³/mol. The first-order chi connectivity index (χ1) is 8.34. The summed E-state index contributed by atoms with van der Waals surface area (Å²) in [4.78, 5) is 10.8. The molecule has 0 atom stereocenters. The predicted octanol–water partition coefficient (Wildman–Crippen LogP) is 2.26. The van der Waals surface area contributed by atoms with Crippen LogP contribution in [0.3, 0.4) is 0 Å². The molecular formula is C11H17NO4S2. The molecule has 102 valence electrons. The third-order valence-electron chi connectivity index (χ3n) is 2.88. The van der Waals surface area contributed by atoms with Crippen LogP contribution >= 0.6 is 11.3 Å². The molecule has 0 saturated carbocycles. The number of rotatable bonds is 6. The normalized spacial score (nSPS) is 12.3. The summed E-state index contributed by atoms with van der Waals surface area (Å²) in [7, 11) is -2.05. The second-order valence-corrected chi connectivity index (χ2v) is 7.22. The molecule has 1 aromatic heterocycles. The summed E-state index contributed by atoms with van der Waals surface area (Å²) in [5.41, 5.74) is 0. The monoisotopic (exact) mass is 291 g/mol. The van der Waals surface area contributed by atoms with Gasteiger partial charge in [0.15, 0.2) is 0 Å². The molecule has 1 heterocycles. The standard InChI is InChI=1S/C11H17NO4S2/c1-4-8(5-2)12(3)18(15,16)10-7-6-9(17-10)11(13)14/h6-8H,4-5H2,1-3H3,(H,13,14). The molecular weight excluding hydrogens is 274 g/mol. The van der Waals surface area contributed by atoms with Crippen LogP contribution in [0.15, 0.2) is 16.3 Å². The van der Waals surface area contributed by atoms with Crippen LogP contribution in [0, 0.1) is 0 Å². The van der Waals surface area contributed by atoms with Crippen LogP contribution in [0.5, 0.6) is 0 Å². The Labute approximate surface area is 111 Å². The van der Waals surface area contributed by atoms with Gasteiger partial charge >= 0.3 is 5.97 Å². The summed E-state index contributed by atoms with van der Waals surface area (Å²) in [6.45, 7) is 3.86. The smallest absolute Gasteiger partial charge is 0.345 e. The first-order valence-corrected chi connectivity index (χ1v) is 7.91. The van der Waals surface area contributed by atoms with Crippen molar-refractivity contribution in [1.29, 1.82) is 0 Å². The van der Waals surface area contributed by atoms with E-state index in [2.05, 4.69) is 0 Å². The number of thiophene rings is 1. The SMILES string of the molecule is CCC(CC)N(C)S(=O)(=O)c1ccc(C(=O)O)s1. The summed E-state index contributed by atoms with van der Waals surface area (Å²) >= 11 is 0.785. The fourth-order valence-electron chi connectivity index (χ4n) is 1.71. The molecule has 7 heteroatoms. The molecule has 5 nitrogen and oxygen atoms in total. The van der Waals surface area contributed by atoms with E-state index in [9.17, 15) is 13.2 Å². The Morgan fingerprint density at radius 3 is 2.33 bits per heavy atom. The van der Waals surface area contributed by atoms with Gasteiger partial charge in [0, 0.05) is 13.1 Å². The van der Waals surface area contributed by atoms with Gasteiger partial charge in [-0.1, -0.05) is 13.8 Å². The number of nitrogens with zero attached hydrogens (tertiary/aromatic N) is 1. The summed E-state index contributed by atoms with van der Waals surface area (Å²) < 4.78 is 25.9. The molecule has 18 heavy (non-hydrogen) atoms. The number of carboxylic acids is 1. The number of hydrogen-bond acceptors (Lipinski definition) is 4. The molecule has 0 aliphatic carbocycles. The van der Waals surface area contributed by atoms with E-state index in [1.54, 1.807) is 0 Å². The van der Waals surface area contributed by atoms with Gasteiger partial charge in [-0.3, -0.25) is 0 Å². The highest BCUT2D eigenvalue weighted by Crippen LogP contribution is 2.26. The van der Waals surface area contributed by atoms with Crippen LogP contribution < -0.4 is 0 Å². The van der Waals surface area contributed by atoms with Crippen LogP contribution in [-0.4, -0.2) is 36.9 Å². The Morgan fingerprint density at radius 2 is 1.94 bits per heavy atom. The Balaban J connectivity index is 3.08. The van der Waals surface area contributed by atoms with E-state index in [1.165, 1.54) is 23.5 Å². The van der Waals surface area contributed by atoms with Crippen molar-refractivity contribution in [3.63, 3.8) is 0 Å². The van der Waals surface area contributed by atoms with Crippen LogP contribution in [0.4, 0.5) is 0 Å². The van der Waals surface area contributed by atoms with Gasteiger partial charge in [0.25, 0.3) is 10.0 Å². The third-order valence-corrected chi connectivity index (χ3v) is 6.33. The van der Waals surface area contributed by atoms with E-state index < -0.39 is 16.0 Å². The lowest BCUT2D eigenvalue weighted by Gasteiger charge is -2.24. The zero-order valence-corrected chi connectivity index (χ0v) is 12.2. The fourth-order valence-corrected chi connectivity index (χ4v) is 4.55. The maximum Gasteiger partial charge on any atom is 0.345 e. The number of hydrogen-bond donors (Lipinski definition) is 1. The van der Waals surface area contributed by atoms with Gasteiger partial charge < -0.3 is 5.11 Å². The van der Waals surface area contributed by atoms with E-state index in [1.807, 2.05) is 13.8 Å². The van der Waals surface area contributed by atoms with Crippen molar-refractivity contribution in [3.05, 3.63) is 17.0 Å². The van der Waals surface area contributed by atoms with Gasteiger partial charge in [-0.25, -0.2) is 13.2 Å². The molecule has 0 bridgehead atoms. The lowest BCUT2D eigenvalue weighted by Crippen LogP contribution is -2.35. The highest BCUT2D eigenvalue weighted by atomic mass is 32.2. The molecule has 0 amide bonds. The first kappa shape index (κ1) is 15.1. The second-order valence-electron chi connectivity index (χ2n) is 3.92. The molecule has 1 aromatic rings. The fraction of sp³-hybridized carbons (Fsp3) is 0.545. The number of sulfonamides is 1. The molecule has 0 spiro atoms. The number of carbonyl (C=O) groups is 1. The highest BCUT2D eigenvalue weighted by molar-refractivity contribution is 7.91. The lowest BCUT2D eigenvalue weighted by molar-refractivity contribution is 0.0702. The minimum Gasteiger partial charge on any atom is -0.477 e. The van der Waals surface area contributed by atoms with Crippen molar-refractivity contribution in [3.8, 4) is 0 Å². The molecule has 0 aromatic carbocycles. The average Bonchev–Trinajstić information content (AvgIpc) is 2.80. The van der Waals surface area contributed by atoms with Gasteiger partial charge in [-0.15, -0.1) is 11.3 Å². The van der Waals surface area contributed by atoms with Crippen molar-refractivity contribution in [2.24, 2.45) is 0 Å². The van der Waals surface area contributed by atoms with Crippen molar-refractivity contribution < 1.29 is 18.3 Å². The minimum absolute atomic E-state index is 0.0338. The van der Waals surface area contributed by atoms with Gasteiger partial charge in [0.05, 0.1) is 0 Å². The Morgan fingerprint density at radius 1 is 1.39 bits per heavy atom. The minimum atomic E-state index is -3.59. The number of carboxylic acid groups (broad SMARTS) is 1. The zero-order valence-electron chi connectivity index (χ0n) is 10.6. The first-order valence-electron chi connectivity index (χ1n) is 5.65. The largest absolute Gasteiger partial charge is 0.477 e. The molecule has 0 radical (unpaired) electrons. The molecule has 0 aliphatic heterocycles. The van der Waals surface area contributed by atoms with E-state index >= 15 is 0 Å². The topological polar surface area (TPSA) is 74.7 Å². The van der Waals surface area contributed by atoms with E-state index in [0.29, 0.717) is 0 Å². The van der Waals surface area contributed by atoms with Crippen molar-refractivity contribution in [2.45, 2.75) is 36.9 Å². The maximum atomic E-state index is 12.3. The molecule has 1 rings (SSSR count). The van der Waals surface area contributed by atoms with Crippen LogP contribution in [-0.2, 0) is 10.0 Å². The van der Waals surface area contributed by atoms with E-state index in [4.69, 9.17) is 5.11 Å².